The van der Waals surface area contributed by atoms with Gasteiger partial charge >= 0.3 is 0 Å². The predicted octanol–water partition coefficient (Wildman–Crippen LogP) is 3.78. The molecule has 1 aliphatic carbocycles. The molecule has 3 N–H and O–H groups in total. The number of aliphatic hydroxyl groups is 1. The van der Waals surface area contributed by atoms with Gasteiger partial charge in [-0.2, -0.15) is 0 Å². The molecule has 0 unspecified atom stereocenters. The molecule has 0 saturated heterocycles. The van der Waals surface area contributed by atoms with E-state index >= 15 is 0 Å². The molecule has 1 aliphatic rings. The Morgan fingerprint density at radius 2 is 1.91 bits per heavy atom. The van der Waals surface area contributed by atoms with Gasteiger partial charge in [0.25, 0.3) is 0 Å². The van der Waals surface area contributed by atoms with Crippen molar-refractivity contribution in [1.82, 2.24) is 0 Å². The summed E-state index contributed by atoms with van der Waals surface area (Å²) in [6.07, 6.45) is 9.07. The molecule has 2 rings (SSSR count). The summed E-state index contributed by atoms with van der Waals surface area (Å²) in [7, 11) is 0. The number of aryl methyl sites for hydroxylation is 1. The summed E-state index contributed by atoms with van der Waals surface area (Å²) in [6.45, 7) is 3.89. The standard InChI is InChI=1S/C20H33NO2/c1-2-23-14-6-4-3-5-7-17-8-10-18(11-9-17)19-12-13-20(21,15-19)16-22/h8-11,19,22H,2-7,12-16,21H2,1H3/t19-,20-/m0/s1. The van der Waals surface area contributed by atoms with E-state index in [1.165, 1.54) is 36.8 Å². The Bertz CT molecular complexity index is 445. The smallest absolute Gasteiger partial charge is 0.0611 e. The Hall–Kier alpha value is -0.900. The van der Waals surface area contributed by atoms with Gasteiger partial charge in [-0.15, -0.1) is 0 Å². The van der Waals surface area contributed by atoms with E-state index in [4.69, 9.17) is 10.5 Å². The van der Waals surface area contributed by atoms with E-state index in [0.717, 1.165) is 38.9 Å². The second kappa shape index (κ2) is 9.41. The van der Waals surface area contributed by atoms with Crippen LogP contribution in [0.3, 0.4) is 0 Å². The quantitative estimate of drug-likeness (QED) is 0.645. The van der Waals surface area contributed by atoms with Crippen LogP contribution in [0.2, 0.25) is 0 Å². The molecule has 0 bridgehead atoms. The van der Waals surface area contributed by atoms with Crippen molar-refractivity contribution in [3.05, 3.63) is 35.4 Å². The summed E-state index contributed by atoms with van der Waals surface area (Å²) in [5, 5.41) is 9.39. The summed E-state index contributed by atoms with van der Waals surface area (Å²) in [6, 6.07) is 9.06. The second-order valence-corrected chi connectivity index (χ2v) is 7.06. The lowest BCUT2D eigenvalue weighted by Gasteiger charge is -2.21. The highest BCUT2D eigenvalue weighted by Crippen LogP contribution is 2.39. The molecule has 1 saturated carbocycles. The molecule has 1 aromatic rings. The third kappa shape index (κ3) is 5.91. The summed E-state index contributed by atoms with van der Waals surface area (Å²) in [4.78, 5) is 0. The lowest BCUT2D eigenvalue weighted by Crippen LogP contribution is -2.40. The second-order valence-electron chi connectivity index (χ2n) is 7.06. The third-order valence-corrected chi connectivity index (χ3v) is 5.12. The summed E-state index contributed by atoms with van der Waals surface area (Å²) >= 11 is 0. The van der Waals surface area contributed by atoms with Crippen molar-refractivity contribution in [2.75, 3.05) is 19.8 Å². The van der Waals surface area contributed by atoms with Crippen LogP contribution in [0.25, 0.3) is 0 Å². The maximum Gasteiger partial charge on any atom is 0.0611 e. The minimum atomic E-state index is -0.356. The molecule has 0 radical (unpaired) electrons. The van der Waals surface area contributed by atoms with E-state index in [-0.39, 0.29) is 12.1 Å². The number of benzene rings is 1. The Morgan fingerprint density at radius 3 is 2.57 bits per heavy atom. The minimum Gasteiger partial charge on any atom is -0.394 e. The first-order chi connectivity index (χ1) is 11.2. The molecule has 2 atom stereocenters. The van der Waals surface area contributed by atoms with E-state index < -0.39 is 0 Å². The van der Waals surface area contributed by atoms with Crippen LogP contribution in [-0.4, -0.2) is 30.5 Å². The number of unbranched alkanes of at least 4 members (excludes halogenated alkanes) is 3. The van der Waals surface area contributed by atoms with Crippen molar-refractivity contribution in [3.63, 3.8) is 0 Å². The molecule has 3 heteroatoms. The Morgan fingerprint density at radius 1 is 1.17 bits per heavy atom. The molecule has 130 valence electrons. The van der Waals surface area contributed by atoms with E-state index in [1.54, 1.807) is 0 Å². The minimum absolute atomic E-state index is 0.102. The Labute approximate surface area is 141 Å². The van der Waals surface area contributed by atoms with Gasteiger partial charge in [-0.3, -0.25) is 0 Å². The van der Waals surface area contributed by atoms with Gasteiger partial charge in [0.05, 0.1) is 6.61 Å². The number of nitrogens with two attached hydrogens (primary N) is 1. The topological polar surface area (TPSA) is 55.5 Å². The van der Waals surface area contributed by atoms with Crippen LogP contribution in [0.4, 0.5) is 0 Å². The summed E-state index contributed by atoms with van der Waals surface area (Å²) in [5.74, 6) is 0.514. The van der Waals surface area contributed by atoms with Gasteiger partial charge in [0.1, 0.15) is 0 Å². The van der Waals surface area contributed by atoms with E-state index in [9.17, 15) is 5.11 Å². The van der Waals surface area contributed by atoms with Gasteiger partial charge in [-0.05, 0) is 62.5 Å². The zero-order chi connectivity index (χ0) is 16.5. The van der Waals surface area contributed by atoms with Gasteiger partial charge in [-0.25, -0.2) is 0 Å². The fraction of sp³-hybridized carbons (Fsp3) is 0.700. The fourth-order valence-corrected chi connectivity index (χ4v) is 3.57. The first kappa shape index (κ1) is 18.4. The van der Waals surface area contributed by atoms with Gasteiger partial charge in [0, 0.05) is 18.8 Å². The van der Waals surface area contributed by atoms with E-state index in [1.807, 2.05) is 6.92 Å². The highest BCUT2D eigenvalue weighted by Gasteiger charge is 2.35. The lowest BCUT2D eigenvalue weighted by molar-refractivity contribution is 0.143. The van der Waals surface area contributed by atoms with Gasteiger partial charge < -0.3 is 15.6 Å². The van der Waals surface area contributed by atoms with Gasteiger partial charge in [-0.1, -0.05) is 37.1 Å². The largest absolute Gasteiger partial charge is 0.394 e. The van der Waals surface area contributed by atoms with Crippen LogP contribution < -0.4 is 5.73 Å². The van der Waals surface area contributed by atoms with Gasteiger partial charge in [0.2, 0.25) is 0 Å². The molecular weight excluding hydrogens is 286 g/mol. The van der Waals surface area contributed by atoms with E-state index in [2.05, 4.69) is 24.3 Å². The highest BCUT2D eigenvalue weighted by atomic mass is 16.5. The Balaban J connectivity index is 1.69. The SMILES string of the molecule is CCOCCCCCCc1ccc([C@H]2CC[C@@](N)(CO)C2)cc1. The monoisotopic (exact) mass is 319 g/mol. The molecule has 0 aromatic heterocycles. The summed E-state index contributed by atoms with van der Waals surface area (Å²) in [5.41, 5.74) is 8.63. The van der Waals surface area contributed by atoms with Crippen LogP contribution in [0.15, 0.2) is 24.3 Å². The molecule has 0 heterocycles. The van der Waals surface area contributed by atoms with Crippen molar-refractivity contribution in [2.45, 2.75) is 69.7 Å². The van der Waals surface area contributed by atoms with Crippen molar-refractivity contribution in [1.29, 1.82) is 0 Å². The molecule has 3 nitrogen and oxygen atoms in total. The van der Waals surface area contributed by atoms with Crippen molar-refractivity contribution < 1.29 is 9.84 Å². The number of hydrogen-bond donors (Lipinski definition) is 2. The average Bonchev–Trinajstić information content (AvgIpc) is 2.98. The number of rotatable bonds is 10. The molecule has 0 aliphatic heterocycles. The first-order valence-electron chi connectivity index (χ1n) is 9.23. The maximum atomic E-state index is 9.39. The summed E-state index contributed by atoms with van der Waals surface area (Å²) < 4.78 is 5.36. The van der Waals surface area contributed by atoms with Crippen LogP contribution in [-0.2, 0) is 11.2 Å². The van der Waals surface area contributed by atoms with Crippen molar-refractivity contribution in [2.24, 2.45) is 5.73 Å². The van der Waals surface area contributed by atoms with Crippen molar-refractivity contribution >= 4 is 0 Å². The number of ether oxygens (including phenoxy) is 1. The third-order valence-electron chi connectivity index (χ3n) is 5.12. The zero-order valence-electron chi connectivity index (χ0n) is 14.6. The van der Waals surface area contributed by atoms with Crippen LogP contribution in [0.1, 0.15) is 68.9 Å². The molecule has 23 heavy (non-hydrogen) atoms. The average molecular weight is 319 g/mol. The number of hydrogen-bond acceptors (Lipinski definition) is 3. The van der Waals surface area contributed by atoms with Crippen LogP contribution in [0.5, 0.6) is 0 Å². The number of aliphatic hydroxyl groups excluding tert-OH is 1. The maximum absolute atomic E-state index is 9.39. The first-order valence-corrected chi connectivity index (χ1v) is 9.23. The zero-order valence-corrected chi connectivity index (χ0v) is 14.6. The van der Waals surface area contributed by atoms with Crippen molar-refractivity contribution in [3.8, 4) is 0 Å². The lowest BCUT2D eigenvalue weighted by atomic mass is 9.92. The predicted molar refractivity (Wildman–Crippen MR) is 95.7 cm³/mol. The van der Waals surface area contributed by atoms with E-state index in [0.29, 0.717) is 5.92 Å². The van der Waals surface area contributed by atoms with Crippen LogP contribution >= 0.6 is 0 Å². The highest BCUT2D eigenvalue weighted by molar-refractivity contribution is 5.27. The molecular formula is C20H33NO2. The molecule has 0 spiro atoms. The molecule has 1 fully saturated rings. The van der Waals surface area contributed by atoms with Crippen LogP contribution in [0, 0.1) is 0 Å². The molecule has 1 aromatic carbocycles. The Kier molecular flexibility index (Phi) is 7.54. The fourth-order valence-electron chi connectivity index (χ4n) is 3.57. The van der Waals surface area contributed by atoms with Gasteiger partial charge in [0.15, 0.2) is 0 Å². The normalized spacial score (nSPS) is 24.2. The molecule has 0 amide bonds.